The molecule has 0 radical (unpaired) electrons. The molecule has 6 aromatic carbocycles. The maximum atomic E-state index is 11.3. The highest BCUT2D eigenvalue weighted by atomic mass is 16.3. The summed E-state index contributed by atoms with van der Waals surface area (Å²) in [7, 11) is 0. The standard InChI is InChI=1S/C64H68BN3O/c1-38-29-53-56-54(30-38)68(51-22-19-40(31-41(51)37-66)39-17-15-14-16-18-39)57-43-33-46-49(64(12,13)28-25-61(46,6)7)36-55(43)69-58(57)65(56)50-34-47-48(63(10,11)27-26-62(47,8)9)35-52(50)67(53)42-20-21-44-45(32-42)60(4,5)24-23-59(44,2)3/h14-22,29-36H,23-28H2,1-13H3. The molecule has 0 atom stereocenters. The average molecular weight is 906 g/mol. The normalized spacial score (nSPS) is 20.2. The molecule has 0 amide bonds. The number of hydrogen-bond acceptors (Lipinski definition) is 4. The van der Waals surface area contributed by atoms with Gasteiger partial charge in [0, 0.05) is 28.1 Å². The molecule has 3 heterocycles. The van der Waals surface area contributed by atoms with Gasteiger partial charge in [0.2, 0.25) is 0 Å². The number of hydrogen-bond donors (Lipinski definition) is 0. The summed E-state index contributed by atoms with van der Waals surface area (Å²) >= 11 is 0. The van der Waals surface area contributed by atoms with Gasteiger partial charge in [-0.15, -0.1) is 0 Å². The molecule has 69 heavy (non-hydrogen) atoms. The van der Waals surface area contributed by atoms with Crippen LogP contribution in [0.15, 0.2) is 108 Å². The fraction of sp³-hybridized carbons (Fsp3) is 0.391. The van der Waals surface area contributed by atoms with Crippen molar-refractivity contribution >= 4 is 68.4 Å². The Morgan fingerprint density at radius 2 is 1.03 bits per heavy atom. The average Bonchev–Trinajstić information content (AvgIpc) is 3.68. The van der Waals surface area contributed by atoms with Crippen LogP contribution in [-0.4, -0.2) is 6.71 Å². The van der Waals surface area contributed by atoms with Gasteiger partial charge in [0.05, 0.1) is 22.6 Å². The molecule has 0 bridgehead atoms. The lowest BCUT2D eigenvalue weighted by molar-refractivity contribution is 0.332. The molecule has 2 aliphatic heterocycles. The highest BCUT2D eigenvalue weighted by Gasteiger charge is 2.50. The molecular formula is C64H68BN3O. The first-order chi connectivity index (χ1) is 32.5. The van der Waals surface area contributed by atoms with E-state index in [1.165, 1.54) is 73.4 Å². The van der Waals surface area contributed by atoms with Crippen molar-refractivity contribution in [2.45, 2.75) is 161 Å². The van der Waals surface area contributed by atoms with E-state index in [4.69, 9.17) is 4.42 Å². The van der Waals surface area contributed by atoms with Gasteiger partial charge >= 0.3 is 0 Å². The summed E-state index contributed by atoms with van der Waals surface area (Å²) in [5, 5.41) is 12.4. The summed E-state index contributed by atoms with van der Waals surface area (Å²) in [4.78, 5) is 5.05. The third kappa shape index (κ3) is 6.39. The lowest BCUT2D eigenvalue weighted by atomic mass is 9.35. The number of anilines is 6. The van der Waals surface area contributed by atoms with Crippen molar-refractivity contribution < 1.29 is 4.42 Å². The number of furan rings is 1. The van der Waals surface area contributed by atoms with Crippen molar-refractivity contribution in [2.24, 2.45) is 0 Å². The number of rotatable bonds is 3. The Kier molecular flexibility index (Phi) is 9.18. The van der Waals surface area contributed by atoms with Crippen LogP contribution in [0.5, 0.6) is 0 Å². The number of fused-ring (bicyclic) bond motifs is 9. The molecule has 1 aromatic heterocycles. The maximum absolute atomic E-state index is 11.3. The second-order valence-electron chi connectivity index (χ2n) is 25.7. The molecule has 7 aromatic rings. The number of aryl methyl sites for hydroxylation is 1. The Labute approximate surface area is 411 Å². The first kappa shape index (κ1) is 44.2. The number of nitrogens with zero attached hydrogens (tertiary/aromatic N) is 3. The van der Waals surface area contributed by atoms with Crippen molar-refractivity contribution in [3.8, 4) is 17.2 Å². The molecule has 5 aliphatic rings. The molecule has 0 unspecified atom stereocenters. The molecule has 12 rings (SSSR count). The quantitative estimate of drug-likeness (QED) is 0.166. The monoisotopic (exact) mass is 906 g/mol. The Hall–Kier alpha value is -5.99. The molecule has 348 valence electrons. The Morgan fingerprint density at radius 3 is 1.64 bits per heavy atom. The van der Waals surface area contributed by atoms with Crippen molar-refractivity contribution in [3.63, 3.8) is 0 Å². The van der Waals surface area contributed by atoms with Gasteiger partial charge in [-0.05, 0) is 194 Å². The molecule has 0 spiro atoms. The zero-order valence-corrected chi connectivity index (χ0v) is 43.4. The van der Waals surface area contributed by atoms with Crippen molar-refractivity contribution in [1.82, 2.24) is 0 Å². The minimum absolute atomic E-state index is 0.00164. The van der Waals surface area contributed by atoms with E-state index in [0.717, 1.165) is 76.9 Å². The summed E-state index contributed by atoms with van der Waals surface area (Å²) in [6.07, 6.45) is 6.84. The van der Waals surface area contributed by atoms with Crippen LogP contribution in [0.25, 0.3) is 22.1 Å². The summed E-state index contributed by atoms with van der Waals surface area (Å²) in [5.41, 5.74) is 23.7. The van der Waals surface area contributed by atoms with E-state index in [9.17, 15) is 5.26 Å². The molecule has 0 fully saturated rings. The SMILES string of the molecule is Cc1cc2c3c(c1)N(c1ccc(-c4ccccc4)cc1C#N)c1c(oc4cc5c(cc14)C(C)(C)CCC5(C)C)B3c1cc3c(cc1N2c1ccc2c(c1)C(C)(C)CCC2(C)C)C(C)(C)CCC3(C)C. The van der Waals surface area contributed by atoms with Crippen LogP contribution in [0.2, 0.25) is 0 Å². The molecule has 0 N–H and O–H groups in total. The van der Waals surface area contributed by atoms with Crippen LogP contribution >= 0.6 is 0 Å². The van der Waals surface area contributed by atoms with E-state index in [1.54, 1.807) is 0 Å². The van der Waals surface area contributed by atoms with Gasteiger partial charge in [0.1, 0.15) is 11.7 Å². The Morgan fingerprint density at radius 1 is 0.493 bits per heavy atom. The van der Waals surface area contributed by atoms with E-state index < -0.39 is 0 Å². The molecule has 3 aliphatic carbocycles. The Bertz CT molecular complexity index is 3390. The van der Waals surface area contributed by atoms with E-state index >= 15 is 0 Å². The van der Waals surface area contributed by atoms with E-state index in [0.29, 0.717) is 5.56 Å². The molecular weight excluding hydrogens is 838 g/mol. The summed E-state index contributed by atoms with van der Waals surface area (Å²) in [5.74, 6) is 0. The minimum atomic E-state index is -0.188. The van der Waals surface area contributed by atoms with E-state index in [2.05, 4.69) is 203 Å². The second kappa shape index (κ2) is 14.3. The van der Waals surface area contributed by atoms with Crippen LogP contribution in [-0.2, 0) is 32.5 Å². The summed E-state index contributed by atoms with van der Waals surface area (Å²) < 4.78 is 7.63. The highest BCUT2D eigenvalue weighted by molar-refractivity contribution is 7.00. The second-order valence-corrected chi connectivity index (χ2v) is 25.7. The van der Waals surface area contributed by atoms with Crippen molar-refractivity contribution in [1.29, 1.82) is 5.26 Å². The zero-order valence-electron chi connectivity index (χ0n) is 43.4. The molecule has 0 saturated heterocycles. The van der Waals surface area contributed by atoms with Crippen LogP contribution < -0.4 is 26.4 Å². The molecule has 4 nitrogen and oxygen atoms in total. The van der Waals surface area contributed by atoms with Crippen LogP contribution in [0, 0.1) is 18.3 Å². The summed E-state index contributed by atoms with van der Waals surface area (Å²) in [6.45, 7) is 31.3. The van der Waals surface area contributed by atoms with Gasteiger partial charge in [0.15, 0.2) is 0 Å². The largest absolute Gasteiger partial charge is 0.468 e. The smallest absolute Gasteiger partial charge is 0.297 e. The molecule has 5 heteroatoms. The highest BCUT2D eigenvalue weighted by Crippen LogP contribution is 2.55. The van der Waals surface area contributed by atoms with Crippen LogP contribution in [0.4, 0.5) is 34.1 Å². The van der Waals surface area contributed by atoms with Crippen LogP contribution in [0.1, 0.15) is 166 Å². The van der Waals surface area contributed by atoms with Gasteiger partial charge in [-0.3, -0.25) is 0 Å². The topological polar surface area (TPSA) is 43.4 Å². The lowest BCUT2D eigenvalue weighted by Crippen LogP contribution is -2.61. The third-order valence-corrected chi connectivity index (χ3v) is 18.3. The van der Waals surface area contributed by atoms with Gasteiger partial charge < -0.3 is 14.2 Å². The summed E-state index contributed by atoms with van der Waals surface area (Å²) in [6, 6.07) is 41.9. The predicted octanol–water partition coefficient (Wildman–Crippen LogP) is 15.4. The third-order valence-electron chi connectivity index (χ3n) is 18.3. The van der Waals surface area contributed by atoms with Crippen molar-refractivity contribution in [3.05, 3.63) is 148 Å². The number of nitriles is 1. The fourth-order valence-electron chi connectivity index (χ4n) is 13.6. The number of benzene rings is 6. The van der Waals surface area contributed by atoms with E-state index in [-0.39, 0.29) is 39.2 Å². The van der Waals surface area contributed by atoms with Crippen molar-refractivity contribution in [2.75, 3.05) is 9.80 Å². The molecule has 0 saturated carbocycles. The van der Waals surface area contributed by atoms with Gasteiger partial charge in [-0.25, -0.2) is 0 Å². The predicted molar refractivity (Wildman–Crippen MR) is 291 cm³/mol. The van der Waals surface area contributed by atoms with E-state index in [1.807, 2.05) is 6.07 Å². The maximum Gasteiger partial charge on any atom is 0.297 e. The fourth-order valence-corrected chi connectivity index (χ4v) is 13.6. The zero-order chi connectivity index (χ0) is 48.5. The lowest BCUT2D eigenvalue weighted by Gasteiger charge is -2.47. The van der Waals surface area contributed by atoms with Gasteiger partial charge in [0.25, 0.3) is 6.71 Å². The van der Waals surface area contributed by atoms with Crippen LogP contribution in [0.3, 0.4) is 0 Å². The minimum Gasteiger partial charge on any atom is -0.468 e. The first-order valence-electron chi connectivity index (χ1n) is 25.8. The Balaban J connectivity index is 1.21. The van der Waals surface area contributed by atoms with Gasteiger partial charge in [-0.2, -0.15) is 5.26 Å². The van der Waals surface area contributed by atoms with Gasteiger partial charge in [-0.1, -0.05) is 132 Å². The first-order valence-corrected chi connectivity index (χ1v) is 25.8.